The van der Waals surface area contributed by atoms with Crippen molar-refractivity contribution in [3.8, 4) is 11.8 Å². The Balaban J connectivity index is 1.86. The second-order valence-electron chi connectivity index (χ2n) is 8.98. The highest BCUT2D eigenvalue weighted by atomic mass is 16.6. The summed E-state index contributed by atoms with van der Waals surface area (Å²) >= 11 is 0. The molecule has 0 aliphatic heterocycles. The van der Waals surface area contributed by atoms with Crippen LogP contribution in [0.25, 0.3) is 6.08 Å². The van der Waals surface area contributed by atoms with Crippen LogP contribution in [0.2, 0.25) is 0 Å². The second-order valence-corrected chi connectivity index (χ2v) is 8.98. The molecule has 0 saturated heterocycles. The number of carbonyl (C=O) groups is 2. The maximum absolute atomic E-state index is 12.9. The van der Waals surface area contributed by atoms with Gasteiger partial charge in [-0.25, -0.2) is 0 Å². The van der Waals surface area contributed by atoms with Gasteiger partial charge in [0.25, 0.3) is 17.5 Å². The number of non-ortho nitro benzene ring substituents is 1. The van der Waals surface area contributed by atoms with Gasteiger partial charge in [0.1, 0.15) is 17.4 Å². The normalized spacial score (nSPS) is 10.8. The third kappa shape index (κ3) is 7.68. The molecule has 2 amide bonds. The number of rotatable bonds is 11. The summed E-state index contributed by atoms with van der Waals surface area (Å²) in [5.74, 6) is -0.806. The van der Waals surface area contributed by atoms with Gasteiger partial charge in [0.15, 0.2) is 6.61 Å². The first-order valence-corrected chi connectivity index (χ1v) is 12.7. The molecular formula is C30H31N5O5. The molecule has 0 aliphatic carbocycles. The Hall–Kier alpha value is -5.17. The maximum atomic E-state index is 12.9. The zero-order chi connectivity index (χ0) is 29.2. The van der Waals surface area contributed by atoms with E-state index in [0.29, 0.717) is 17.0 Å². The molecule has 0 spiro atoms. The van der Waals surface area contributed by atoms with E-state index in [0.717, 1.165) is 29.9 Å². The number of amides is 2. The van der Waals surface area contributed by atoms with Crippen LogP contribution >= 0.6 is 0 Å². The molecule has 206 valence electrons. The van der Waals surface area contributed by atoms with E-state index in [1.807, 2.05) is 52.0 Å². The van der Waals surface area contributed by atoms with E-state index < -0.39 is 23.3 Å². The number of aryl methyl sites for hydroxylation is 2. The lowest BCUT2D eigenvalue weighted by Crippen LogP contribution is -2.23. The monoisotopic (exact) mass is 541 g/mol. The van der Waals surface area contributed by atoms with Crippen molar-refractivity contribution in [2.45, 2.75) is 27.7 Å². The summed E-state index contributed by atoms with van der Waals surface area (Å²) in [4.78, 5) is 38.1. The van der Waals surface area contributed by atoms with E-state index in [9.17, 15) is 25.0 Å². The van der Waals surface area contributed by atoms with Gasteiger partial charge in [-0.05, 0) is 63.6 Å². The molecular weight excluding hydrogens is 510 g/mol. The Bertz CT molecular complexity index is 1490. The number of hydrogen-bond donors (Lipinski definition) is 2. The number of hydrogen-bond acceptors (Lipinski definition) is 7. The van der Waals surface area contributed by atoms with Crippen LogP contribution in [-0.4, -0.2) is 36.4 Å². The van der Waals surface area contributed by atoms with Crippen LogP contribution in [0.1, 0.15) is 30.5 Å². The molecule has 0 unspecified atom stereocenters. The van der Waals surface area contributed by atoms with Gasteiger partial charge in [0.2, 0.25) is 0 Å². The molecule has 0 fully saturated rings. The summed E-state index contributed by atoms with van der Waals surface area (Å²) in [5.41, 5.74) is 3.77. The smallest absolute Gasteiger partial charge is 0.271 e. The molecule has 10 nitrogen and oxygen atoms in total. The molecule has 0 atom stereocenters. The maximum Gasteiger partial charge on any atom is 0.271 e. The number of nitro benzene ring substituents is 1. The largest absolute Gasteiger partial charge is 0.483 e. The fourth-order valence-corrected chi connectivity index (χ4v) is 4.04. The van der Waals surface area contributed by atoms with Gasteiger partial charge in [-0.15, -0.1) is 0 Å². The van der Waals surface area contributed by atoms with Crippen molar-refractivity contribution >= 4 is 40.6 Å². The molecule has 0 bridgehead atoms. The van der Waals surface area contributed by atoms with Crippen LogP contribution in [0.5, 0.6) is 5.75 Å². The second kappa shape index (κ2) is 13.6. The van der Waals surface area contributed by atoms with Crippen molar-refractivity contribution in [1.82, 2.24) is 0 Å². The van der Waals surface area contributed by atoms with Crippen molar-refractivity contribution in [2.24, 2.45) is 0 Å². The van der Waals surface area contributed by atoms with Gasteiger partial charge < -0.3 is 20.3 Å². The number of benzene rings is 3. The van der Waals surface area contributed by atoms with Crippen LogP contribution in [0.4, 0.5) is 22.7 Å². The summed E-state index contributed by atoms with van der Waals surface area (Å²) < 4.78 is 5.85. The fourth-order valence-electron chi connectivity index (χ4n) is 4.04. The molecule has 3 rings (SSSR count). The predicted molar refractivity (Wildman–Crippen MR) is 155 cm³/mol. The zero-order valence-electron chi connectivity index (χ0n) is 22.9. The van der Waals surface area contributed by atoms with Gasteiger partial charge >= 0.3 is 0 Å². The molecule has 0 heterocycles. The minimum Gasteiger partial charge on any atom is -0.483 e. The SMILES string of the molecule is CCN(CC)c1ccc(/C=C(\C#N)C(=O)Nc2ccc(C)cc2C)c(OCC(=O)Nc2cccc([N+](=O)[O-])c2)c1. The lowest BCUT2D eigenvalue weighted by molar-refractivity contribution is -0.384. The third-order valence-corrected chi connectivity index (χ3v) is 6.12. The van der Waals surface area contributed by atoms with Gasteiger partial charge in [-0.1, -0.05) is 23.8 Å². The summed E-state index contributed by atoms with van der Waals surface area (Å²) in [6.07, 6.45) is 1.42. The Morgan fingerprint density at radius 3 is 2.45 bits per heavy atom. The van der Waals surface area contributed by atoms with E-state index in [2.05, 4.69) is 15.5 Å². The Labute approximate surface area is 233 Å². The Morgan fingerprint density at radius 2 is 1.80 bits per heavy atom. The van der Waals surface area contributed by atoms with Crippen LogP contribution in [-0.2, 0) is 9.59 Å². The van der Waals surface area contributed by atoms with Crippen LogP contribution in [0.3, 0.4) is 0 Å². The van der Waals surface area contributed by atoms with Crippen LogP contribution in [0.15, 0.2) is 66.2 Å². The number of nitrogens with zero attached hydrogens (tertiary/aromatic N) is 3. The molecule has 0 saturated carbocycles. The van der Waals surface area contributed by atoms with E-state index >= 15 is 0 Å². The first-order chi connectivity index (χ1) is 19.1. The zero-order valence-corrected chi connectivity index (χ0v) is 22.9. The molecule has 40 heavy (non-hydrogen) atoms. The highest BCUT2D eigenvalue weighted by Crippen LogP contribution is 2.29. The molecule has 10 heteroatoms. The Morgan fingerprint density at radius 1 is 1.05 bits per heavy atom. The molecule has 0 aliphatic rings. The summed E-state index contributed by atoms with van der Waals surface area (Å²) in [6.45, 7) is 8.91. The van der Waals surface area contributed by atoms with Crippen molar-refractivity contribution in [1.29, 1.82) is 5.26 Å². The minimum atomic E-state index is -0.573. The van der Waals surface area contributed by atoms with Crippen LogP contribution in [0, 0.1) is 35.3 Å². The Kier molecular flexibility index (Phi) is 9.97. The lowest BCUT2D eigenvalue weighted by atomic mass is 10.1. The number of nitrogens with one attached hydrogen (secondary N) is 2. The molecule has 3 aromatic rings. The summed E-state index contributed by atoms with van der Waals surface area (Å²) in [5, 5.41) is 26.1. The quantitative estimate of drug-likeness (QED) is 0.139. The molecule has 0 radical (unpaired) electrons. The first kappa shape index (κ1) is 29.4. The number of carbonyl (C=O) groups excluding carboxylic acids is 2. The number of nitriles is 1. The average Bonchev–Trinajstić information content (AvgIpc) is 2.93. The van der Waals surface area contributed by atoms with Crippen molar-refractivity contribution in [2.75, 3.05) is 35.2 Å². The standard InChI is InChI=1S/C30H31N5O5/c1-5-34(6-2)25-12-11-22(15-23(18-31)30(37)33-27-13-10-20(3)14-21(27)4)28(17-25)40-19-29(36)32-24-8-7-9-26(16-24)35(38)39/h7-17H,5-6,19H2,1-4H3,(H,32,36)(H,33,37)/b23-15+. The summed E-state index contributed by atoms with van der Waals surface area (Å²) in [7, 11) is 0. The van der Waals surface area contributed by atoms with Gasteiger partial charge in [-0.3, -0.25) is 19.7 Å². The van der Waals surface area contributed by atoms with E-state index in [4.69, 9.17) is 4.74 Å². The minimum absolute atomic E-state index is 0.138. The number of anilines is 3. The topological polar surface area (TPSA) is 138 Å². The average molecular weight is 542 g/mol. The van der Waals surface area contributed by atoms with Crippen molar-refractivity contribution in [3.63, 3.8) is 0 Å². The first-order valence-electron chi connectivity index (χ1n) is 12.7. The highest BCUT2D eigenvalue weighted by Gasteiger charge is 2.15. The molecule has 0 aromatic heterocycles. The third-order valence-electron chi connectivity index (χ3n) is 6.12. The van der Waals surface area contributed by atoms with E-state index in [-0.39, 0.29) is 16.9 Å². The number of nitro groups is 1. The van der Waals surface area contributed by atoms with Gasteiger partial charge in [0, 0.05) is 53.9 Å². The fraction of sp³-hybridized carbons (Fsp3) is 0.233. The number of ether oxygens (including phenoxy) is 1. The van der Waals surface area contributed by atoms with Crippen LogP contribution < -0.4 is 20.3 Å². The molecule has 2 N–H and O–H groups in total. The van der Waals surface area contributed by atoms with E-state index in [1.165, 1.54) is 30.3 Å². The lowest BCUT2D eigenvalue weighted by Gasteiger charge is -2.22. The summed E-state index contributed by atoms with van der Waals surface area (Å²) in [6, 6.07) is 18.4. The van der Waals surface area contributed by atoms with Crippen molar-refractivity contribution < 1.29 is 19.2 Å². The van der Waals surface area contributed by atoms with Gasteiger partial charge in [0.05, 0.1) is 4.92 Å². The highest BCUT2D eigenvalue weighted by molar-refractivity contribution is 6.10. The van der Waals surface area contributed by atoms with Crippen molar-refractivity contribution in [3.05, 3.63) is 93.0 Å². The van der Waals surface area contributed by atoms with E-state index in [1.54, 1.807) is 18.2 Å². The van der Waals surface area contributed by atoms with Gasteiger partial charge in [-0.2, -0.15) is 5.26 Å². The predicted octanol–water partition coefficient (Wildman–Crippen LogP) is 5.62. The molecule has 3 aromatic carbocycles.